The van der Waals surface area contributed by atoms with Gasteiger partial charge in [0.25, 0.3) is 0 Å². The molecule has 1 aliphatic rings. The number of hydrogen-bond donors (Lipinski definition) is 1. The number of ether oxygens (including phenoxy) is 1. The van der Waals surface area contributed by atoms with Crippen molar-refractivity contribution in [2.75, 3.05) is 13.2 Å². The number of carbonyl (C=O) groups excluding carboxylic acids is 1. The fraction of sp³-hybridized carbons (Fsp3) is 0.273. The zero-order chi connectivity index (χ0) is 21.1. The lowest BCUT2D eigenvalue weighted by Gasteiger charge is -2.22. The van der Waals surface area contributed by atoms with Crippen molar-refractivity contribution < 1.29 is 22.7 Å². The molecule has 0 fully saturated rings. The lowest BCUT2D eigenvalue weighted by Crippen LogP contribution is -2.33. The van der Waals surface area contributed by atoms with Crippen LogP contribution in [0.25, 0.3) is 0 Å². The molecule has 0 saturated heterocycles. The van der Waals surface area contributed by atoms with Gasteiger partial charge >= 0.3 is 0 Å². The average molecular weight is 415 g/mol. The van der Waals surface area contributed by atoms with Crippen LogP contribution in [0.5, 0.6) is 0 Å². The summed E-state index contributed by atoms with van der Waals surface area (Å²) in [5.41, 5.74) is 2.45. The molecule has 8 heteroatoms. The smallest absolute Gasteiger partial charge is 0.224 e. The quantitative estimate of drug-likeness (QED) is 0.672. The topological polar surface area (TPSA) is 56.1 Å². The molecule has 1 amide bonds. The Hall–Kier alpha value is -3.13. The maximum absolute atomic E-state index is 13.7. The molecule has 5 nitrogen and oxygen atoms in total. The normalized spacial score (nSPS) is 15.6. The fourth-order valence-electron chi connectivity index (χ4n) is 3.51. The van der Waals surface area contributed by atoms with E-state index in [1.54, 1.807) is 0 Å². The minimum atomic E-state index is -1.08. The van der Waals surface area contributed by atoms with Crippen molar-refractivity contribution in [2.24, 2.45) is 0 Å². The molecule has 0 aliphatic carbocycles. The number of fused-ring (bicyclic) bond motifs is 1. The van der Waals surface area contributed by atoms with Gasteiger partial charge in [-0.1, -0.05) is 30.3 Å². The Morgan fingerprint density at radius 3 is 2.63 bits per heavy atom. The molecule has 2 heterocycles. The fourth-order valence-corrected chi connectivity index (χ4v) is 3.51. The van der Waals surface area contributed by atoms with Gasteiger partial charge in [-0.3, -0.25) is 9.48 Å². The summed E-state index contributed by atoms with van der Waals surface area (Å²) >= 11 is 0. The molecule has 1 atom stereocenters. The molecule has 2 aromatic carbocycles. The first-order chi connectivity index (χ1) is 14.5. The second kappa shape index (κ2) is 8.71. The number of halogens is 3. The first kappa shape index (κ1) is 20.2. The minimum Gasteiger partial charge on any atom is -0.370 e. The van der Waals surface area contributed by atoms with Gasteiger partial charge in [0.1, 0.15) is 23.6 Å². The molecular formula is C22H20F3N3O2. The molecule has 1 N–H and O–H groups in total. The van der Waals surface area contributed by atoms with E-state index in [9.17, 15) is 18.0 Å². The zero-order valence-corrected chi connectivity index (χ0v) is 16.1. The van der Waals surface area contributed by atoms with Gasteiger partial charge in [-0.25, -0.2) is 13.2 Å². The SMILES string of the molecule is O=C(Cc1c(F)cc(F)cc1F)NC[C@H]1OCCc2cn(Cc3ccccc3)nc21. The number of hydrogen-bond acceptors (Lipinski definition) is 3. The number of carbonyl (C=O) groups is 1. The highest BCUT2D eigenvalue weighted by atomic mass is 19.1. The van der Waals surface area contributed by atoms with E-state index in [1.807, 2.05) is 41.2 Å². The monoisotopic (exact) mass is 415 g/mol. The Balaban J connectivity index is 1.40. The standard InChI is InChI=1S/C22H20F3N3O2/c23-16-8-18(24)17(19(25)9-16)10-21(29)26-11-20-22-15(6-7-30-20)13-28(27-22)12-14-4-2-1-3-5-14/h1-5,8-9,13,20H,6-7,10-12H2,(H,26,29)/t20-/m1/s1. The molecule has 156 valence electrons. The molecule has 3 aromatic rings. The molecule has 0 bridgehead atoms. The van der Waals surface area contributed by atoms with Crippen molar-refractivity contribution in [3.05, 3.63) is 88.5 Å². The molecule has 4 rings (SSSR count). The maximum Gasteiger partial charge on any atom is 0.224 e. The van der Waals surface area contributed by atoms with Gasteiger partial charge in [-0.05, 0) is 17.5 Å². The van der Waals surface area contributed by atoms with E-state index < -0.39 is 41.4 Å². The number of nitrogens with one attached hydrogen (secondary N) is 1. The lowest BCUT2D eigenvalue weighted by atomic mass is 10.1. The molecule has 1 aromatic heterocycles. The first-order valence-electron chi connectivity index (χ1n) is 9.61. The van der Waals surface area contributed by atoms with Crippen LogP contribution in [-0.4, -0.2) is 28.8 Å². The highest BCUT2D eigenvalue weighted by molar-refractivity contribution is 5.78. The highest BCUT2D eigenvalue weighted by Crippen LogP contribution is 2.25. The van der Waals surface area contributed by atoms with Crippen LogP contribution in [0.15, 0.2) is 48.7 Å². The number of rotatable bonds is 6. The number of aromatic nitrogens is 2. The summed E-state index contributed by atoms with van der Waals surface area (Å²) in [6.07, 6.45) is 1.72. The summed E-state index contributed by atoms with van der Waals surface area (Å²) in [6, 6.07) is 11.0. The maximum atomic E-state index is 13.7. The summed E-state index contributed by atoms with van der Waals surface area (Å²) in [4.78, 5) is 12.2. The molecular weight excluding hydrogens is 395 g/mol. The van der Waals surface area contributed by atoms with Crippen molar-refractivity contribution >= 4 is 5.91 Å². The van der Waals surface area contributed by atoms with Gasteiger partial charge in [0.2, 0.25) is 5.91 Å². The highest BCUT2D eigenvalue weighted by Gasteiger charge is 2.25. The average Bonchev–Trinajstić information content (AvgIpc) is 3.13. The first-order valence-corrected chi connectivity index (χ1v) is 9.61. The van der Waals surface area contributed by atoms with Crippen LogP contribution in [0.3, 0.4) is 0 Å². The summed E-state index contributed by atoms with van der Waals surface area (Å²) in [6.45, 7) is 1.24. The van der Waals surface area contributed by atoms with Crippen LogP contribution in [-0.2, 0) is 28.9 Å². The second-order valence-electron chi connectivity index (χ2n) is 7.16. The Kier molecular flexibility index (Phi) is 5.85. The Morgan fingerprint density at radius 1 is 1.17 bits per heavy atom. The Labute approximate surface area is 171 Å². The van der Waals surface area contributed by atoms with Crippen LogP contribution in [0.2, 0.25) is 0 Å². The van der Waals surface area contributed by atoms with Gasteiger partial charge in [0.15, 0.2) is 0 Å². The van der Waals surface area contributed by atoms with Crippen LogP contribution < -0.4 is 5.32 Å². The van der Waals surface area contributed by atoms with E-state index in [4.69, 9.17) is 4.74 Å². The van der Waals surface area contributed by atoms with Crippen molar-refractivity contribution in [3.63, 3.8) is 0 Å². The summed E-state index contributed by atoms with van der Waals surface area (Å²) in [5, 5.41) is 7.24. The van der Waals surface area contributed by atoms with Crippen molar-refractivity contribution in [1.29, 1.82) is 0 Å². The van der Waals surface area contributed by atoms with E-state index in [0.29, 0.717) is 25.3 Å². The summed E-state index contributed by atoms with van der Waals surface area (Å²) < 4.78 is 48.1. The van der Waals surface area contributed by atoms with E-state index in [-0.39, 0.29) is 6.54 Å². The van der Waals surface area contributed by atoms with Crippen LogP contribution in [0.1, 0.15) is 28.5 Å². The van der Waals surface area contributed by atoms with Crippen LogP contribution >= 0.6 is 0 Å². The molecule has 0 saturated carbocycles. The zero-order valence-electron chi connectivity index (χ0n) is 16.1. The van der Waals surface area contributed by atoms with Gasteiger partial charge < -0.3 is 10.1 Å². The minimum absolute atomic E-state index is 0.124. The van der Waals surface area contributed by atoms with E-state index >= 15 is 0 Å². The van der Waals surface area contributed by atoms with Gasteiger partial charge in [-0.2, -0.15) is 5.10 Å². The second-order valence-corrected chi connectivity index (χ2v) is 7.16. The number of benzene rings is 2. The predicted molar refractivity (Wildman–Crippen MR) is 103 cm³/mol. The third-order valence-corrected chi connectivity index (χ3v) is 4.98. The van der Waals surface area contributed by atoms with Gasteiger partial charge in [0, 0.05) is 30.4 Å². The van der Waals surface area contributed by atoms with Gasteiger partial charge in [-0.15, -0.1) is 0 Å². The van der Waals surface area contributed by atoms with Crippen molar-refractivity contribution in [3.8, 4) is 0 Å². The lowest BCUT2D eigenvalue weighted by molar-refractivity contribution is -0.121. The number of nitrogens with zero attached hydrogens (tertiary/aromatic N) is 2. The molecule has 30 heavy (non-hydrogen) atoms. The third kappa shape index (κ3) is 4.54. The summed E-state index contributed by atoms with van der Waals surface area (Å²) in [5.74, 6) is -3.78. The molecule has 0 unspecified atom stereocenters. The van der Waals surface area contributed by atoms with E-state index in [1.165, 1.54) is 0 Å². The van der Waals surface area contributed by atoms with Gasteiger partial charge in [0.05, 0.1) is 25.3 Å². The third-order valence-electron chi connectivity index (χ3n) is 4.98. The molecule has 1 aliphatic heterocycles. The Bertz CT molecular complexity index is 1030. The van der Waals surface area contributed by atoms with Crippen LogP contribution in [0, 0.1) is 17.5 Å². The largest absolute Gasteiger partial charge is 0.370 e. The Morgan fingerprint density at radius 2 is 1.90 bits per heavy atom. The van der Waals surface area contributed by atoms with E-state index in [0.717, 1.165) is 23.2 Å². The van der Waals surface area contributed by atoms with Crippen molar-refractivity contribution in [2.45, 2.75) is 25.5 Å². The predicted octanol–water partition coefficient (Wildman–Crippen LogP) is 3.32. The van der Waals surface area contributed by atoms with E-state index in [2.05, 4.69) is 10.4 Å². The van der Waals surface area contributed by atoms with Crippen molar-refractivity contribution in [1.82, 2.24) is 15.1 Å². The molecule has 0 radical (unpaired) electrons. The molecule has 0 spiro atoms. The number of amides is 1. The summed E-state index contributed by atoms with van der Waals surface area (Å²) in [7, 11) is 0. The van der Waals surface area contributed by atoms with Crippen LogP contribution in [0.4, 0.5) is 13.2 Å².